The minimum atomic E-state index is 0.205. The fourth-order valence-corrected chi connectivity index (χ4v) is 1.29. The number of aliphatic hydroxyl groups excluding tert-OH is 1. The zero-order valence-corrected chi connectivity index (χ0v) is 9.21. The maximum Gasteiger partial charge on any atom is 0.121 e. The average Bonchev–Trinajstić information content (AvgIpc) is 2.25. The second kappa shape index (κ2) is 6.10. The van der Waals surface area contributed by atoms with Crippen LogP contribution in [-0.4, -0.2) is 18.8 Å². The van der Waals surface area contributed by atoms with Crippen molar-refractivity contribution in [3.8, 4) is 17.6 Å². The molecule has 0 spiro atoms. The first-order valence-electron chi connectivity index (χ1n) is 5.02. The smallest absolute Gasteiger partial charge is 0.121 e. The molecule has 0 aliphatic carbocycles. The highest BCUT2D eigenvalue weighted by molar-refractivity contribution is 5.43. The molecule has 2 heteroatoms. The minimum absolute atomic E-state index is 0.205. The average molecular weight is 204 g/mol. The third-order valence-electron chi connectivity index (χ3n) is 2.09. The van der Waals surface area contributed by atoms with Crippen LogP contribution < -0.4 is 4.74 Å². The van der Waals surface area contributed by atoms with Crippen molar-refractivity contribution < 1.29 is 9.84 Å². The van der Waals surface area contributed by atoms with Crippen LogP contribution in [0.1, 0.15) is 24.0 Å². The Labute approximate surface area is 90.9 Å². The number of methoxy groups -OCH3 is 1. The highest BCUT2D eigenvalue weighted by Gasteiger charge is 1.96. The van der Waals surface area contributed by atoms with Crippen molar-refractivity contribution in [1.82, 2.24) is 0 Å². The van der Waals surface area contributed by atoms with Crippen molar-refractivity contribution in [1.29, 1.82) is 0 Å². The molecule has 0 saturated carbocycles. The minimum Gasteiger partial charge on any atom is -0.496 e. The normalized spacial score (nSPS) is 9.27. The number of unbranched alkanes of at least 4 members (excludes halogenated alkanes) is 1. The summed E-state index contributed by atoms with van der Waals surface area (Å²) in [6, 6.07) is 5.87. The van der Waals surface area contributed by atoms with Crippen LogP contribution in [0.3, 0.4) is 0 Å². The Morgan fingerprint density at radius 3 is 2.80 bits per heavy atom. The van der Waals surface area contributed by atoms with E-state index in [1.165, 1.54) is 0 Å². The van der Waals surface area contributed by atoms with E-state index in [-0.39, 0.29) is 6.61 Å². The summed E-state index contributed by atoms with van der Waals surface area (Å²) in [4.78, 5) is 0. The van der Waals surface area contributed by atoms with E-state index in [0.29, 0.717) is 0 Å². The second-order valence-corrected chi connectivity index (χ2v) is 3.31. The lowest BCUT2D eigenvalue weighted by atomic mass is 10.1. The number of benzene rings is 1. The number of hydrogen-bond donors (Lipinski definition) is 1. The molecule has 0 atom stereocenters. The van der Waals surface area contributed by atoms with E-state index in [2.05, 4.69) is 11.8 Å². The Morgan fingerprint density at radius 1 is 1.40 bits per heavy atom. The Balaban J connectivity index is 2.69. The summed E-state index contributed by atoms with van der Waals surface area (Å²) < 4.78 is 5.16. The largest absolute Gasteiger partial charge is 0.496 e. The molecule has 1 aromatic rings. The van der Waals surface area contributed by atoms with Gasteiger partial charge in [-0.3, -0.25) is 0 Å². The summed E-state index contributed by atoms with van der Waals surface area (Å²) in [5.41, 5.74) is 2.08. The summed E-state index contributed by atoms with van der Waals surface area (Å²) in [6.07, 6.45) is 1.48. The van der Waals surface area contributed by atoms with E-state index in [9.17, 15) is 0 Å². The lowest BCUT2D eigenvalue weighted by molar-refractivity contribution is 0.290. The highest BCUT2D eigenvalue weighted by atomic mass is 16.5. The molecule has 0 bridgehead atoms. The Hall–Kier alpha value is -1.46. The van der Waals surface area contributed by atoms with Crippen molar-refractivity contribution in [2.24, 2.45) is 0 Å². The quantitative estimate of drug-likeness (QED) is 0.603. The van der Waals surface area contributed by atoms with Crippen LogP contribution >= 0.6 is 0 Å². The molecule has 1 aromatic carbocycles. The lowest BCUT2D eigenvalue weighted by Gasteiger charge is -2.03. The van der Waals surface area contributed by atoms with Crippen LogP contribution in [0.2, 0.25) is 0 Å². The number of hydrogen-bond acceptors (Lipinski definition) is 2. The highest BCUT2D eigenvalue weighted by Crippen LogP contribution is 2.17. The van der Waals surface area contributed by atoms with Gasteiger partial charge in [-0.2, -0.15) is 0 Å². The Morgan fingerprint density at radius 2 is 2.20 bits per heavy atom. The van der Waals surface area contributed by atoms with Crippen molar-refractivity contribution in [3.05, 3.63) is 29.3 Å². The standard InChI is InChI=1S/C13H16O2/c1-11-10-12(6-4-3-5-9-14)7-8-13(11)15-2/h7-8,10,14H,3,5,9H2,1-2H3. The van der Waals surface area contributed by atoms with Gasteiger partial charge in [-0.1, -0.05) is 11.8 Å². The third kappa shape index (κ3) is 3.65. The first kappa shape index (κ1) is 11.6. The molecule has 0 fully saturated rings. The van der Waals surface area contributed by atoms with Crippen LogP contribution in [0.4, 0.5) is 0 Å². The number of ether oxygens (including phenoxy) is 1. The number of aliphatic hydroxyl groups is 1. The van der Waals surface area contributed by atoms with Gasteiger partial charge in [0, 0.05) is 18.6 Å². The van der Waals surface area contributed by atoms with E-state index in [0.717, 1.165) is 29.7 Å². The fourth-order valence-electron chi connectivity index (χ4n) is 1.29. The molecule has 0 radical (unpaired) electrons. The molecule has 15 heavy (non-hydrogen) atoms. The second-order valence-electron chi connectivity index (χ2n) is 3.31. The van der Waals surface area contributed by atoms with Crippen LogP contribution in [0.15, 0.2) is 18.2 Å². The Kier molecular flexibility index (Phi) is 4.73. The lowest BCUT2D eigenvalue weighted by Crippen LogP contribution is -1.87. The summed E-state index contributed by atoms with van der Waals surface area (Å²) in [5.74, 6) is 6.96. The molecular weight excluding hydrogens is 188 g/mol. The number of rotatable bonds is 3. The van der Waals surface area contributed by atoms with Crippen molar-refractivity contribution >= 4 is 0 Å². The van der Waals surface area contributed by atoms with Gasteiger partial charge < -0.3 is 9.84 Å². The van der Waals surface area contributed by atoms with Crippen LogP contribution in [0.5, 0.6) is 5.75 Å². The van der Waals surface area contributed by atoms with E-state index in [4.69, 9.17) is 9.84 Å². The molecular formula is C13H16O2. The molecule has 1 rings (SSSR count). The van der Waals surface area contributed by atoms with E-state index >= 15 is 0 Å². The molecule has 0 heterocycles. The molecule has 0 aliphatic heterocycles. The van der Waals surface area contributed by atoms with E-state index in [1.807, 2.05) is 25.1 Å². The zero-order chi connectivity index (χ0) is 11.1. The molecule has 0 unspecified atom stereocenters. The SMILES string of the molecule is COc1ccc(C#CCCCO)cc1C. The van der Waals surface area contributed by atoms with Crippen molar-refractivity contribution in [2.75, 3.05) is 13.7 Å². The summed E-state index contributed by atoms with van der Waals surface area (Å²) in [7, 11) is 1.66. The zero-order valence-electron chi connectivity index (χ0n) is 9.21. The Bertz CT molecular complexity index is 372. The molecule has 0 amide bonds. The molecule has 80 valence electrons. The van der Waals surface area contributed by atoms with Gasteiger partial charge in [-0.25, -0.2) is 0 Å². The van der Waals surface area contributed by atoms with Crippen LogP contribution in [0.25, 0.3) is 0 Å². The van der Waals surface area contributed by atoms with Gasteiger partial charge in [0.25, 0.3) is 0 Å². The van der Waals surface area contributed by atoms with Crippen LogP contribution in [-0.2, 0) is 0 Å². The van der Waals surface area contributed by atoms with Gasteiger partial charge in [0.05, 0.1) is 7.11 Å². The van der Waals surface area contributed by atoms with Gasteiger partial charge in [0.15, 0.2) is 0 Å². The van der Waals surface area contributed by atoms with Gasteiger partial charge in [-0.05, 0) is 37.1 Å². The first-order chi connectivity index (χ1) is 7.27. The third-order valence-corrected chi connectivity index (χ3v) is 2.09. The van der Waals surface area contributed by atoms with Crippen molar-refractivity contribution in [2.45, 2.75) is 19.8 Å². The molecule has 0 aliphatic rings. The summed E-state index contributed by atoms with van der Waals surface area (Å²) >= 11 is 0. The topological polar surface area (TPSA) is 29.5 Å². The monoisotopic (exact) mass is 204 g/mol. The summed E-state index contributed by atoms with van der Waals surface area (Å²) in [5, 5.41) is 8.59. The molecule has 1 N–H and O–H groups in total. The molecule has 0 aromatic heterocycles. The predicted molar refractivity (Wildman–Crippen MR) is 60.9 cm³/mol. The predicted octanol–water partition coefficient (Wildman–Crippen LogP) is 2.13. The number of aryl methyl sites for hydroxylation is 1. The van der Waals surface area contributed by atoms with Gasteiger partial charge in [0.1, 0.15) is 5.75 Å². The fraction of sp³-hybridized carbons (Fsp3) is 0.385. The van der Waals surface area contributed by atoms with Gasteiger partial charge in [-0.15, -0.1) is 0 Å². The summed E-state index contributed by atoms with van der Waals surface area (Å²) in [6.45, 7) is 2.20. The maximum absolute atomic E-state index is 8.59. The van der Waals surface area contributed by atoms with Gasteiger partial charge >= 0.3 is 0 Å². The molecule has 2 nitrogen and oxygen atoms in total. The van der Waals surface area contributed by atoms with Gasteiger partial charge in [0.2, 0.25) is 0 Å². The maximum atomic E-state index is 8.59. The van der Waals surface area contributed by atoms with Crippen LogP contribution in [0, 0.1) is 18.8 Å². The van der Waals surface area contributed by atoms with Crippen molar-refractivity contribution in [3.63, 3.8) is 0 Å². The first-order valence-corrected chi connectivity index (χ1v) is 5.02. The molecule has 0 saturated heterocycles. The van der Waals surface area contributed by atoms with E-state index in [1.54, 1.807) is 7.11 Å². The van der Waals surface area contributed by atoms with E-state index < -0.39 is 0 Å².